The average Bonchev–Trinajstić information content (AvgIpc) is 3.45. The first-order valence-corrected chi connectivity index (χ1v) is 10.8. The van der Waals surface area contributed by atoms with E-state index in [9.17, 15) is 9.59 Å². The molecule has 5 heterocycles. The molecule has 0 bridgehead atoms. The van der Waals surface area contributed by atoms with E-state index in [1.807, 2.05) is 42.8 Å². The van der Waals surface area contributed by atoms with Gasteiger partial charge in [-0.05, 0) is 57.0 Å². The molecule has 4 aromatic rings. The van der Waals surface area contributed by atoms with Crippen molar-refractivity contribution in [3.8, 4) is 0 Å². The molecule has 5 rings (SSSR count). The Bertz CT molecular complexity index is 1360. The molecule has 166 valence electrons. The standard InChI is InChI=1S/C23H26N6O3/c1-15-12-16(2)28(25-15)14-18-8-9-20(32-18)22(30)27-11-5-6-17(13-27)29-21-19(7-4-10-24-21)26(3)23(29)31/h4,7-10,12,17H,5-6,11,13-14H2,1-3H3/t17-/m0/s1. The fraction of sp³-hybridized carbons (Fsp3) is 0.391. The van der Waals surface area contributed by atoms with E-state index in [0.29, 0.717) is 36.8 Å². The highest BCUT2D eigenvalue weighted by molar-refractivity contribution is 5.91. The van der Waals surface area contributed by atoms with Gasteiger partial charge in [0.2, 0.25) is 0 Å². The zero-order valence-corrected chi connectivity index (χ0v) is 18.5. The van der Waals surface area contributed by atoms with Crippen LogP contribution < -0.4 is 5.69 Å². The summed E-state index contributed by atoms with van der Waals surface area (Å²) in [5, 5.41) is 4.45. The maximum absolute atomic E-state index is 13.2. The van der Waals surface area contributed by atoms with Gasteiger partial charge in [0.1, 0.15) is 5.76 Å². The van der Waals surface area contributed by atoms with E-state index in [-0.39, 0.29) is 17.6 Å². The predicted molar refractivity (Wildman–Crippen MR) is 119 cm³/mol. The van der Waals surface area contributed by atoms with Gasteiger partial charge in [-0.1, -0.05) is 0 Å². The van der Waals surface area contributed by atoms with Crippen LogP contribution in [0.2, 0.25) is 0 Å². The molecular formula is C23H26N6O3. The first-order valence-electron chi connectivity index (χ1n) is 10.8. The molecule has 9 heteroatoms. The van der Waals surface area contributed by atoms with E-state index >= 15 is 0 Å². The Balaban J connectivity index is 1.36. The van der Waals surface area contributed by atoms with Gasteiger partial charge >= 0.3 is 5.69 Å². The van der Waals surface area contributed by atoms with Gasteiger partial charge in [0.25, 0.3) is 5.91 Å². The van der Waals surface area contributed by atoms with Crippen molar-refractivity contribution in [1.29, 1.82) is 0 Å². The number of carbonyl (C=O) groups excluding carboxylic acids is 1. The fourth-order valence-corrected chi connectivity index (χ4v) is 4.59. The Morgan fingerprint density at radius 1 is 1.25 bits per heavy atom. The van der Waals surface area contributed by atoms with Crippen LogP contribution in [0.25, 0.3) is 11.2 Å². The minimum atomic E-state index is -0.157. The molecule has 32 heavy (non-hydrogen) atoms. The number of nitrogens with zero attached hydrogens (tertiary/aromatic N) is 6. The molecule has 1 amide bonds. The number of aryl methyl sites for hydroxylation is 3. The van der Waals surface area contributed by atoms with Crippen molar-refractivity contribution >= 4 is 17.1 Å². The number of carbonyl (C=O) groups is 1. The smallest absolute Gasteiger partial charge is 0.330 e. The van der Waals surface area contributed by atoms with Crippen LogP contribution in [0.5, 0.6) is 0 Å². The van der Waals surface area contributed by atoms with Gasteiger partial charge in [0, 0.05) is 32.0 Å². The Kier molecular flexibility index (Phi) is 4.96. The number of amides is 1. The van der Waals surface area contributed by atoms with E-state index in [2.05, 4.69) is 10.1 Å². The normalized spacial score (nSPS) is 16.7. The predicted octanol–water partition coefficient (Wildman–Crippen LogP) is 2.67. The van der Waals surface area contributed by atoms with Crippen LogP contribution in [0.1, 0.15) is 46.6 Å². The molecule has 0 N–H and O–H groups in total. The van der Waals surface area contributed by atoms with Crippen LogP contribution in [-0.2, 0) is 13.6 Å². The maximum Gasteiger partial charge on any atom is 0.330 e. The molecule has 1 aliphatic rings. The number of piperidine rings is 1. The second-order valence-corrected chi connectivity index (χ2v) is 8.46. The van der Waals surface area contributed by atoms with Crippen LogP contribution >= 0.6 is 0 Å². The number of hydrogen-bond acceptors (Lipinski definition) is 5. The van der Waals surface area contributed by atoms with Gasteiger partial charge in [-0.25, -0.2) is 9.78 Å². The number of aromatic nitrogens is 5. The highest BCUT2D eigenvalue weighted by atomic mass is 16.4. The lowest BCUT2D eigenvalue weighted by Crippen LogP contribution is -2.42. The molecule has 1 saturated heterocycles. The summed E-state index contributed by atoms with van der Waals surface area (Å²) in [6, 6.07) is 9.14. The monoisotopic (exact) mass is 434 g/mol. The zero-order chi connectivity index (χ0) is 22.4. The second-order valence-electron chi connectivity index (χ2n) is 8.46. The minimum absolute atomic E-state index is 0.108. The van der Waals surface area contributed by atoms with Crippen LogP contribution in [0.4, 0.5) is 0 Å². The van der Waals surface area contributed by atoms with E-state index < -0.39 is 0 Å². The zero-order valence-electron chi connectivity index (χ0n) is 18.5. The quantitative estimate of drug-likeness (QED) is 0.493. The lowest BCUT2D eigenvalue weighted by molar-refractivity contribution is 0.0645. The second kappa shape index (κ2) is 7.81. The Morgan fingerprint density at radius 2 is 2.09 bits per heavy atom. The summed E-state index contributed by atoms with van der Waals surface area (Å²) in [7, 11) is 1.75. The van der Waals surface area contributed by atoms with Crippen molar-refractivity contribution < 1.29 is 9.21 Å². The SMILES string of the molecule is Cc1cc(C)n(Cc2ccc(C(=O)N3CCC[C@H](n4c(=O)n(C)c5cccnc54)C3)o2)n1. The van der Waals surface area contributed by atoms with E-state index in [0.717, 1.165) is 29.7 Å². The van der Waals surface area contributed by atoms with Crippen molar-refractivity contribution in [2.75, 3.05) is 13.1 Å². The van der Waals surface area contributed by atoms with Gasteiger partial charge in [0.05, 0.1) is 23.8 Å². The number of pyridine rings is 1. The van der Waals surface area contributed by atoms with Crippen molar-refractivity contribution in [3.63, 3.8) is 0 Å². The Labute approximate surface area is 184 Å². The Hall–Kier alpha value is -3.62. The summed E-state index contributed by atoms with van der Waals surface area (Å²) in [6.07, 6.45) is 3.32. The molecule has 0 saturated carbocycles. The van der Waals surface area contributed by atoms with Crippen molar-refractivity contribution in [1.82, 2.24) is 28.8 Å². The number of imidazole rings is 1. The third-order valence-electron chi connectivity index (χ3n) is 6.18. The minimum Gasteiger partial charge on any atom is -0.454 e. The molecule has 0 unspecified atom stereocenters. The highest BCUT2D eigenvalue weighted by Crippen LogP contribution is 2.25. The molecule has 1 aliphatic heterocycles. The molecule has 0 aliphatic carbocycles. The number of fused-ring (bicyclic) bond motifs is 1. The van der Waals surface area contributed by atoms with Crippen LogP contribution in [0.3, 0.4) is 0 Å². The average molecular weight is 435 g/mol. The van der Waals surface area contributed by atoms with Crippen LogP contribution in [-0.4, -0.2) is 47.8 Å². The van der Waals surface area contributed by atoms with Crippen LogP contribution in [0.15, 0.2) is 45.7 Å². The van der Waals surface area contributed by atoms with Gasteiger partial charge in [0.15, 0.2) is 11.4 Å². The Morgan fingerprint density at radius 3 is 2.88 bits per heavy atom. The molecule has 0 spiro atoms. The van der Waals surface area contributed by atoms with E-state index in [4.69, 9.17) is 4.42 Å². The summed E-state index contributed by atoms with van der Waals surface area (Å²) in [5.41, 5.74) is 3.33. The number of rotatable bonds is 4. The molecule has 0 aromatic carbocycles. The van der Waals surface area contributed by atoms with Gasteiger partial charge in [-0.3, -0.25) is 18.6 Å². The van der Waals surface area contributed by atoms with Crippen molar-refractivity contribution in [3.05, 3.63) is 69.9 Å². The van der Waals surface area contributed by atoms with Crippen LogP contribution in [0, 0.1) is 13.8 Å². The number of furan rings is 1. The molecule has 1 fully saturated rings. The molecule has 0 radical (unpaired) electrons. The number of likely N-dealkylation sites (tertiary alicyclic amines) is 1. The first-order chi connectivity index (χ1) is 15.4. The molecule has 9 nitrogen and oxygen atoms in total. The molecule has 4 aromatic heterocycles. The molecular weight excluding hydrogens is 408 g/mol. The summed E-state index contributed by atoms with van der Waals surface area (Å²) < 4.78 is 11.1. The number of hydrogen-bond donors (Lipinski definition) is 0. The first kappa shape index (κ1) is 20.3. The van der Waals surface area contributed by atoms with Crippen molar-refractivity contribution in [2.24, 2.45) is 7.05 Å². The summed E-state index contributed by atoms with van der Waals surface area (Å²) >= 11 is 0. The largest absolute Gasteiger partial charge is 0.454 e. The van der Waals surface area contributed by atoms with E-state index in [1.54, 1.807) is 33.3 Å². The molecule has 1 atom stereocenters. The lowest BCUT2D eigenvalue weighted by atomic mass is 10.1. The fourth-order valence-electron chi connectivity index (χ4n) is 4.59. The third-order valence-corrected chi connectivity index (χ3v) is 6.18. The van der Waals surface area contributed by atoms with Gasteiger partial charge in [-0.2, -0.15) is 5.10 Å². The van der Waals surface area contributed by atoms with Gasteiger partial charge < -0.3 is 9.32 Å². The van der Waals surface area contributed by atoms with Gasteiger partial charge in [-0.15, -0.1) is 0 Å². The topological polar surface area (TPSA) is 91.1 Å². The summed E-state index contributed by atoms with van der Waals surface area (Å²) in [5.74, 6) is 0.837. The summed E-state index contributed by atoms with van der Waals surface area (Å²) in [6.45, 7) is 5.50. The third kappa shape index (κ3) is 3.43. The highest BCUT2D eigenvalue weighted by Gasteiger charge is 2.30. The van der Waals surface area contributed by atoms with Crippen molar-refractivity contribution in [2.45, 2.75) is 39.3 Å². The summed E-state index contributed by atoms with van der Waals surface area (Å²) in [4.78, 5) is 32.3. The lowest BCUT2D eigenvalue weighted by Gasteiger charge is -2.32. The van der Waals surface area contributed by atoms with E-state index in [1.165, 1.54) is 0 Å². The maximum atomic E-state index is 13.2.